The molecular weight excluding hydrogens is 416 g/mol. The van der Waals surface area contributed by atoms with Crippen LogP contribution in [-0.4, -0.2) is 16.0 Å². The van der Waals surface area contributed by atoms with E-state index in [9.17, 15) is 15.0 Å². The summed E-state index contributed by atoms with van der Waals surface area (Å²) in [5.41, 5.74) is 5.37. The minimum absolute atomic E-state index is 0.0440. The predicted molar refractivity (Wildman–Crippen MR) is 131 cm³/mol. The van der Waals surface area contributed by atoms with Gasteiger partial charge in [-0.3, -0.25) is 4.79 Å². The maximum atomic E-state index is 13.8. The molecule has 0 aliphatic carbocycles. The molecule has 0 aliphatic heterocycles. The van der Waals surface area contributed by atoms with Gasteiger partial charge >= 0.3 is 0 Å². The number of aromatic hydroxyl groups is 2. The fourth-order valence-corrected chi connectivity index (χ4v) is 5.13. The van der Waals surface area contributed by atoms with Crippen LogP contribution in [0.1, 0.15) is 21.5 Å². The average molecular weight is 437 g/mol. The van der Waals surface area contributed by atoms with Gasteiger partial charge in [-0.2, -0.15) is 0 Å². The molecule has 0 saturated heterocycles. The van der Waals surface area contributed by atoms with Crippen molar-refractivity contribution in [2.24, 2.45) is 0 Å². The largest absolute Gasteiger partial charge is 0.508 e. The first-order chi connectivity index (χ1) is 15.5. The summed E-state index contributed by atoms with van der Waals surface area (Å²) >= 11 is 1.56. The van der Waals surface area contributed by atoms with Gasteiger partial charge in [0.25, 0.3) is 0 Å². The number of ketones is 1. The average Bonchev–Trinajstić information content (AvgIpc) is 3.24. The SMILES string of the molecule is Cc1c(-c2ccccc2O)ccc(C(=O)c2csc3ccccc23)c1-c1ccc(O)cc1. The summed E-state index contributed by atoms with van der Waals surface area (Å²) < 4.78 is 1.07. The molecule has 0 atom stereocenters. The smallest absolute Gasteiger partial charge is 0.195 e. The number of carbonyl (C=O) groups excluding carboxylic acids is 1. The van der Waals surface area contributed by atoms with E-state index in [1.807, 2.05) is 73.0 Å². The molecule has 0 saturated carbocycles. The summed E-state index contributed by atoms with van der Waals surface area (Å²) in [6.07, 6.45) is 0. The number of phenolic OH excluding ortho intramolecular Hbond substituents is 2. The van der Waals surface area contributed by atoms with Crippen molar-refractivity contribution in [3.8, 4) is 33.8 Å². The summed E-state index contributed by atoms with van der Waals surface area (Å²) in [4.78, 5) is 13.8. The van der Waals surface area contributed by atoms with Crippen LogP contribution in [0, 0.1) is 6.92 Å². The fraction of sp³-hybridized carbons (Fsp3) is 0.0357. The van der Waals surface area contributed by atoms with E-state index in [1.54, 1.807) is 35.6 Å². The van der Waals surface area contributed by atoms with Crippen molar-refractivity contribution in [3.05, 3.63) is 107 Å². The van der Waals surface area contributed by atoms with Crippen molar-refractivity contribution in [1.29, 1.82) is 0 Å². The third kappa shape index (κ3) is 3.35. The molecule has 0 spiro atoms. The minimum atomic E-state index is -0.0440. The molecule has 32 heavy (non-hydrogen) atoms. The first-order valence-electron chi connectivity index (χ1n) is 10.3. The Morgan fingerprint density at radius 3 is 2.25 bits per heavy atom. The van der Waals surface area contributed by atoms with Gasteiger partial charge in [0, 0.05) is 32.2 Å². The van der Waals surface area contributed by atoms with Crippen molar-refractivity contribution in [2.75, 3.05) is 0 Å². The Labute approximate surface area is 189 Å². The molecule has 156 valence electrons. The lowest BCUT2D eigenvalue weighted by Gasteiger charge is -2.17. The van der Waals surface area contributed by atoms with E-state index < -0.39 is 0 Å². The zero-order valence-electron chi connectivity index (χ0n) is 17.4. The van der Waals surface area contributed by atoms with Crippen LogP contribution >= 0.6 is 11.3 Å². The second-order valence-corrected chi connectivity index (χ2v) is 8.61. The van der Waals surface area contributed by atoms with Gasteiger partial charge in [0.05, 0.1) is 0 Å². The number of rotatable bonds is 4. The van der Waals surface area contributed by atoms with Crippen molar-refractivity contribution in [3.63, 3.8) is 0 Å². The molecule has 0 radical (unpaired) electrons. The topological polar surface area (TPSA) is 57.5 Å². The number of para-hydroxylation sites is 1. The van der Waals surface area contributed by atoms with Crippen LogP contribution in [0.15, 0.2) is 90.3 Å². The Morgan fingerprint density at radius 2 is 1.47 bits per heavy atom. The molecule has 0 aliphatic rings. The molecule has 5 aromatic rings. The van der Waals surface area contributed by atoms with E-state index >= 15 is 0 Å². The number of phenols is 2. The lowest BCUT2D eigenvalue weighted by Crippen LogP contribution is -2.05. The van der Waals surface area contributed by atoms with E-state index in [0.29, 0.717) is 16.7 Å². The molecular formula is C28H20O3S. The van der Waals surface area contributed by atoms with Crippen LogP contribution in [0.25, 0.3) is 32.3 Å². The highest BCUT2D eigenvalue weighted by Crippen LogP contribution is 2.40. The van der Waals surface area contributed by atoms with E-state index in [4.69, 9.17) is 0 Å². The van der Waals surface area contributed by atoms with Crippen LogP contribution in [0.2, 0.25) is 0 Å². The Hall–Kier alpha value is -3.89. The normalized spacial score (nSPS) is 11.0. The highest BCUT2D eigenvalue weighted by Gasteiger charge is 2.22. The van der Waals surface area contributed by atoms with Gasteiger partial charge in [-0.15, -0.1) is 11.3 Å². The van der Waals surface area contributed by atoms with Gasteiger partial charge in [-0.25, -0.2) is 0 Å². The number of benzene rings is 4. The number of thiophene rings is 1. The highest BCUT2D eigenvalue weighted by molar-refractivity contribution is 7.17. The minimum Gasteiger partial charge on any atom is -0.508 e. The molecule has 2 N–H and O–H groups in total. The Balaban J connectivity index is 1.75. The number of carbonyl (C=O) groups is 1. The van der Waals surface area contributed by atoms with Gasteiger partial charge in [0.2, 0.25) is 0 Å². The second kappa shape index (κ2) is 7.98. The van der Waals surface area contributed by atoms with E-state index in [-0.39, 0.29) is 17.3 Å². The molecule has 0 amide bonds. The monoisotopic (exact) mass is 436 g/mol. The van der Waals surface area contributed by atoms with Crippen LogP contribution < -0.4 is 0 Å². The molecule has 0 unspecified atom stereocenters. The van der Waals surface area contributed by atoms with E-state index in [2.05, 4.69) is 0 Å². The van der Waals surface area contributed by atoms with E-state index in [0.717, 1.165) is 32.3 Å². The summed E-state index contributed by atoms with van der Waals surface area (Å²) in [6.45, 7) is 1.96. The van der Waals surface area contributed by atoms with Gasteiger partial charge in [-0.1, -0.05) is 54.6 Å². The zero-order valence-corrected chi connectivity index (χ0v) is 18.2. The molecule has 0 bridgehead atoms. The lowest BCUT2D eigenvalue weighted by molar-refractivity contribution is 0.104. The van der Waals surface area contributed by atoms with Crippen LogP contribution in [0.4, 0.5) is 0 Å². The number of fused-ring (bicyclic) bond motifs is 1. The molecule has 0 fully saturated rings. The first-order valence-corrected chi connectivity index (χ1v) is 11.1. The van der Waals surface area contributed by atoms with Crippen molar-refractivity contribution < 1.29 is 15.0 Å². The summed E-state index contributed by atoms with van der Waals surface area (Å²) in [5.74, 6) is 0.313. The third-order valence-electron chi connectivity index (χ3n) is 5.79. The van der Waals surface area contributed by atoms with Gasteiger partial charge in [0.15, 0.2) is 5.78 Å². The molecule has 1 aromatic heterocycles. The van der Waals surface area contributed by atoms with Gasteiger partial charge in [-0.05, 0) is 59.5 Å². The Bertz CT molecular complexity index is 1460. The molecule has 4 heteroatoms. The Kier molecular flexibility index (Phi) is 5.00. The van der Waals surface area contributed by atoms with Crippen LogP contribution in [0.5, 0.6) is 11.5 Å². The quantitative estimate of drug-likeness (QED) is 0.293. The number of hydrogen-bond acceptors (Lipinski definition) is 4. The standard InChI is InChI=1S/C28H20O3S/c1-17-20(21-6-2-4-8-25(21)30)14-15-23(27(17)18-10-12-19(29)13-11-18)28(31)24-16-32-26-9-5-3-7-22(24)26/h2-16,29-30H,1H3. The lowest BCUT2D eigenvalue weighted by atomic mass is 9.86. The third-order valence-corrected chi connectivity index (χ3v) is 6.75. The van der Waals surface area contributed by atoms with Crippen LogP contribution in [-0.2, 0) is 0 Å². The first kappa shape index (κ1) is 20.0. The summed E-state index contributed by atoms with van der Waals surface area (Å²) in [7, 11) is 0. The van der Waals surface area contributed by atoms with Crippen molar-refractivity contribution >= 4 is 27.2 Å². The highest BCUT2D eigenvalue weighted by atomic mass is 32.1. The summed E-state index contributed by atoms with van der Waals surface area (Å²) in [6, 6.07) is 25.7. The van der Waals surface area contributed by atoms with Gasteiger partial charge < -0.3 is 10.2 Å². The fourth-order valence-electron chi connectivity index (χ4n) is 4.19. The van der Waals surface area contributed by atoms with Crippen molar-refractivity contribution in [1.82, 2.24) is 0 Å². The molecule has 5 rings (SSSR count). The van der Waals surface area contributed by atoms with Crippen LogP contribution in [0.3, 0.4) is 0 Å². The van der Waals surface area contributed by atoms with E-state index in [1.165, 1.54) is 0 Å². The van der Waals surface area contributed by atoms with Crippen molar-refractivity contribution in [2.45, 2.75) is 6.92 Å². The maximum absolute atomic E-state index is 13.8. The molecule has 1 heterocycles. The predicted octanol–water partition coefficient (Wildman–Crippen LogP) is 7.19. The molecule has 4 aromatic carbocycles. The van der Waals surface area contributed by atoms with Gasteiger partial charge in [0.1, 0.15) is 11.5 Å². The maximum Gasteiger partial charge on any atom is 0.195 e. The zero-order chi connectivity index (χ0) is 22.2. The molecule has 3 nitrogen and oxygen atoms in total. The number of hydrogen-bond donors (Lipinski definition) is 2. The Morgan fingerprint density at radius 1 is 0.750 bits per heavy atom. The second-order valence-electron chi connectivity index (χ2n) is 7.70. The summed E-state index contributed by atoms with van der Waals surface area (Å²) in [5, 5.41) is 23.1.